The van der Waals surface area contributed by atoms with E-state index < -0.39 is 6.10 Å². The van der Waals surface area contributed by atoms with Gasteiger partial charge in [-0.2, -0.15) is 0 Å². The average molecular weight is 155 g/mol. The Bertz CT molecular complexity index is 196. The van der Waals surface area contributed by atoms with Crippen molar-refractivity contribution in [3.63, 3.8) is 0 Å². The van der Waals surface area contributed by atoms with E-state index in [1.165, 1.54) is 0 Å². The van der Waals surface area contributed by atoms with Crippen molar-refractivity contribution in [1.82, 2.24) is 0 Å². The zero-order chi connectivity index (χ0) is 8.48. The molecule has 0 amide bonds. The Balaban J connectivity index is 2.70. The molecule has 0 aliphatic heterocycles. The number of hydrogen-bond donors (Lipinski definition) is 1. The number of aliphatic hydroxyl groups is 1. The second kappa shape index (κ2) is 2.72. The van der Waals surface area contributed by atoms with Crippen LogP contribution in [0.1, 0.15) is 26.7 Å². The van der Waals surface area contributed by atoms with E-state index in [2.05, 4.69) is 10.0 Å². The van der Waals surface area contributed by atoms with Gasteiger partial charge in [-0.05, 0) is 23.8 Å². The lowest BCUT2D eigenvalue weighted by atomic mass is 9.89. The molecule has 4 nitrogen and oxygen atoms in total. The maximum absolute atomic E-state index is 9.58. The highest BCUT2D eigenvalue weighted by Crippen LogP contribution is 2.38. The lowest BCUT2D eigenvalue weighted by molar-refractivity contribution is 0.0685. The van der Waals surface area contributed by atoms with Crippen LogP contribution < -0.4 is 0 Å². The van der Waals surface area contributed by atoms with Crippen LogP contribution >= 0.6 is 0 Å². The molecule has 4 heteroatoms. The topological polar surface area (TPSA) is 69.0 Å². The lowest BCUT2D eigenvalue weighted by Crippen LogP contribution is -2.29. The number of aliphatic hydroxyl groups excluding tert-OH is 1. The quantitative estimate of drug-likeness (QED) is 0.350. The second-order valence-corrected chi connectivity index (χ2v) is 3.74. The van der Waals surface area contributed by atoms with Gasteiger partial charge in [0.1, 0.15) is 0 Å². The minimum Gasteiger partial charge on any atom is -0.392 e. The molecule has 1 aliphatic rings. The smallest absolute Gasteiger partial charge is 0.0675 e. The van der Waals surface area contributed by atoms with Crippen LogP contribution in [-0.2, 0) is 0 Å². The van der Waals surface area contributed by atoms with Gasteiger partial charge in [0.25, 0.3) is 0 Å². The van der Waals surface area contributed by atoms with E-state index in [4.69, 9.17) is 5.53 Å². The third kappa shape index (κ3) is 1.47. The zero-order valence-electron chi connectivity index (χ0n) is 6.86. The van der Waals surface area contributed by atoms with Crippen molar-refractivity contribution in [2.24, 2.45) is 10.5 Å². The monoisotopic (exact) mass is 155 g/mol. The summed E-state index contributed by atoms with van der Waals surface area (Å²) < 4.78 is 0. The molecule has 1 aliphatic carbocycles. The van der Waals surface area contributed by atoms with Gasteiger partial charge in [-0.15, -0.1) is 0 Å². The van der Waals surface area contributed by atoms with Crippen LogP contribution in [0, 0.1) is 5.41 Å². The van der Waals surface area contributed by atoms with E-state index in [0.29, 0.717) is 0 Å². The molecule has 0 spiro atoms. The normalized spacial score (nSPS) is 34.8. The van der Waals surface area contributed by atoms with Crippen LogP contribution in [0.3, 0.4) is 0 Å². The van der Waals surface area contributed by atoms with Crippen molar-refractivity contribution < 1.29 is 5.11 Å². The van der Waals surface area contributed by atoms with E-state index in [9.17, 15) is 5.11 Å². The van der Waals surface area contributed by atoms with Crippen LogP contribution in [-0.4, -0.2) is 17.3 Å². The summed E-state index contributed by atoms with van der Waals surface area (Å²) in [5.41, 5.74) is 8.08. The fourth-order valence-electron chi connectivity index (χ4n) is 1.53. The Kier molecular flexibility index (Phi) is 2.07. The Morgan fingerprint density at radius 2 is 2.27 bits per heavy atom. The molecule has 2 unspecified atom stereocenters. The molecule has 0 heterocycles. The highest BCUT2D eigenvalue weighted by Gasteiger charge is 2.39. The molecule has 62 valence electrons. The number of nitrogens with zero attached hydrogens (tertiary/aromatic N) is 3. The fraction of sp³-hybridized carbons (Fsp3) is 1.00. The number of hydrogen-bond acceptors (Lipinski definition) is 2. The summed E-state index contributed by atoms with van der Waals surface area (Å²) in [6, 6.07) is -0.213. The average Bonchev–Trinajstić information content (AvgIpc) is 2.17. The minimum absolute atomic E-state index is 0.0845. The molecule has 11 heavy (non-hydrogen) atoms. The summed E-state index contributed by atoms with van der Waals surface area (Å²) in [4.78, 5) is 2.70. The van der Waals surface area contributed by atoms with E-state index in [1.807, 2.05) is 13.8 Å². The highest BCUT2D eigenvalue weighted by molar-refractivity contribution is 4.95. The molecule has 1 rings (SSSR count). The summed E-state index contributed by atoms with van der Waals surface area (Å²) in [5, 5.41) is 13.1. The molecule has 0 aromatic carbocycles. The summed E-state index contributed by atoms with van der Waals surface area (Å²) >= 11 is 0. The summed E-state index contributed by atoms with van der Waals surface area (Å²) in [6.07, 6.45) is 1.26. The van der Waals surface area contributed by atoms with Gasteiger partial charge in [-0.3, -0.25) is 0 Å². The van der Waals surface area contributed by atoms with Crippen LogP contribution in [0.15, 0.2) is 5.11 Å². The second-order valence-electron chi connectivity index (χ2n) is 3.74. The van der Waals surface area contributed by atoms with Gasteiger partial charge in [-0.25, -0.2) is 0 Å². The molecule has 1 fully saturated rings. The van der Waals surface area contributed by atoms with Gasteiger partial charge in [0.15, 0.2) is 0 Å². The predicted octanol–water partition coefficient (Wildman–Crippen LogP) is 1.85. The van der Waals surface area contributed by atoms with Gasteiger partial charge in [0.05, 0.1) is 12.1 Å². The van der Waals surface area contributed by atoms with Crippen LogP contribution in [0.5, 0.6) is 0 Å². The predicted molar refractivity (Wildman–Crippen MR) is 42.0 cm³/mol. The van der Waals surface area contributed by atoms with Crippen molar-refractivity contribution in [1.29, 1.82) is 0 Å². The Labute approximate surface area is 65.9 Å². The SMILES string of the molecule is CC1(C)CCC(N=[N+]=[N-])C1O. The summed E-state index contributed by atoms with van der Waals surface area (Å²) in [7, 11) is 0. The van der Waals surface area contributed by atoms with E-state index in [0.717, 1.165) is 12.8 Å². The van der Waals surface area contributed by atoms with Gasteiger partial charge in [0, 0.05) is 4.91 Å². The third-order valence-electron chi connectivity index (χ3n) is 2.45. The standard InChI is InChI=1S/C7H13N3O/c1-7(2)4-3-5(6(7)11)9-10-8/h5-6,11H,3-4H2,1-2H3. The Morgan fingerprint density at radius 1 is 1.64 bits per heavy atom. The molecule has 0 bridgehead atoms. The first-order chi connectivity index (χ1) is 5.08. The molecule has 1 N–H and O–H groups in total. The minimum atomic E-state index is -0.474. The lowest BCUT2D eigenvalue weighted by Gasteiger charge is -2.23. The zero-order valence-corrected chi connectivity index (χ0v) is 6.86. The molecule has 0 saturated heterocycles. The molecular formula is C7H13N3O. The number of rotatable bonds is 1. The highest BCUT2D eigenvalue weighted by atomic mass is 16.3. The molecule has 0 aromatic rings. The van der Waals surface area contributed by atoms with Crippen molar-refractivity contribution in [2.45, 2.75) is 38.8 Å². The third-order valence-corrected chi connectivity index (χ3v) is 2.45. The maximum Gasteiger partial charge on any atom is 0.0675 e. The van der Waals surface area contributed by atoms with Crippen LogP contribution in [0.25, 0.3) is 10.4 Å². The Hall–Kier alpha value is -0.730. The van der Waals surface area contributed by atoms with Crippen LogP contribution in [0.4, 0.5) is 0 Å². The van der Waals surface area contributed by atoms with Crippen molar-refractivity contribution in [3.8, 4) is 0 Å². The molecule has 2 atom stereocenters. The Morgan fingerprint density at radius 3 is 2.64 bits per heavy atom. The largest absolute Gasteiger partial charge is 0.392 e. The van der Waals surface area contributed by atoms with Crippen molar-refractivity contribution in [2.75, 3.05) is 0 Å². The van der Waals surface area contributed by atoms with E-state index in [1.54, 1.807) is 0 Å². The number of azide groups is 1. The molecule has 0 aromatic heterocycles. The van der Waals surface area contributed by atoms with Gasteiger partial charge in [0.2, 0.25) is 0 Å². The molecular weight excluding hydrogens is 142 g/mol. The van der Waals surface area contributed by atoms with Gasteiger partial charge in [-0.1, -0.05) is 19.0 Å². The van der Waals surface area contributed by atoms with Crippen molar-refractivity contribution >= 4 is 0 Å². The van der Waals surface area contributed by atoms with Crippen LogP contribution in [0.2, 0.25) is 0 Å². The summed E-state index contributed by atoms with van der Waals surface area (Å²) in [5.74, 6) is 0. The fourth-order valence-corrected chi connectivity index (χ4v) is 1.53. The first-order valence-electron chi connectivity index (χ1n) is 3.80. The first kappa shape index (κ1) is 8.37. The van der Waals surface area contributed by atoms with Gasteiger partial charge < -0.3 is 5.11 Å². The molecule has 0 radical (unpaired) electrons. The maximum atomic E-state index is 9.58. The summed E-state index contributed by atoms with van der Waals surface area (Å²) in [6.45, 7) is 3.98. The first-order valence-corrected chi connectivity index (χ1v) is 3.80. The van der Waals surface area contributed by atoms with E-state index in [-0.39, 0.29) is 11.5 Å². The van der Waals surface area contributed by atoms with Crippen molar-refractivity contribution in [3.05, 3.63) is 10.4 Å². The van der Waals surface area contributed by atoms with Gasteiger partial charge >= 0.3 is 0 Å². The van der Waals surface area contributed by atoms with E-state index >= 15 is 0 Å². The molecule has 1 saturated carbocycles.